The number of rotatable bonds is 12. The van der Waals surface area contributed by atoms with Gasteiger partial charge in [0.1, 0.15) is 17.5 Å². The van der Waals surface area contributed by atoms with Crippen molar-refractivity contribution in [3.63, 3.8) is 0 Å². The number of esters is 1. The van der Waals surface area contributed by atoms with E-state index in [-0.39, 0.29) is 43.3 Å². The molecule has 48 heavy (non-hydrogen) atoms. The summed E-state index contributed by atoms with van der Waals surface area (Å²) in [6.45, 7) is 6.41. The van der Waals surface area contributed by atoms with Gasteiger partial charge < -0.3 is 19.5 Å². The number of sulfonamides is 1. The van der Waals surface area contributed by atoms with Gasteiger partial charge in [0, 0.05) is 35.7 Å². The number of hydrogen-bond donors (Lipinski definition) is 1. The van der Waals surface area contributed by atoms with Crippen LogP contribution in [0.4, 0.5) is 0 Å². The van der Waals surface area contributed by atoms with E-state index in [2.05, 4.69) is 5.32 Å². The molecule has 1 amide bonds. The molecule has 0 bridgehead atoms. The van der Waals surface area contributed by atoms with Gasteiger partial charge in [0.25, 0.3) is 0 Å². The molecule has 0 aliphatic carbocycles. The molecule has 256 valence electrons. The molecule has 2 aliphatic rings. The summed E-state index contributed by atoms with van der Waals surface area (Å²) < 4.78 is 48.3. The van der Waals surface area contributed by atoms with Crippen molar-refractivity contribution in [1.29, 1.82) is 0 Å². The SMILES string of the molecule is CCOC(=O)[C@@]1(c2ccc(Cl)cc2)N=C(c2ccc(OC)cc2OC(C)C)N(S(=O)(=O)CCN2CCNC(=O)C2)[C@@H]1c1ccc(Cl)cc1. The fourth-order valence-electron chi connectivity index (χ4n) is 5.90. The molecule has 3 aromatic carbocycles. The largest absolute Gasteiger partial charge is 0.497 e. The Morgan fingerprint density at radius 2 is 1.73 bits per heavy atom. The van der Waals surface area contributed by atoms with E-state index in [0.29, 0.717) is 51.3 Å². The van der Waals surface area contributed by atoms with Crippen molar-refractivity contribution in [3.8, 4) is 11.5 Å². The zero-order valence-corrected chi connectivity index (χ0v) is 29.4. The normalized spacial score (nSPS) is 20.0. The maximum absolute atomic E-state index is 14.9. The summed E-state index contributed by atoms with van der Waals surface area (Å²) in [5, 5.41) is 3.60. The number of carbonyl (C=O) groups excluding carboxylic acids is 2. The molecule has 0 aromatic heterocycles. The lowest BCUT2D eigenvalue weighted by Crippen LogP contribution is -2.51. The van der Waals surface area contributed by atoms with E-state index >= 15 is 0 Å². The first kappa shape index (κ1) is 35.5. The second-order valence-electron chi connectivity index (χ2n) is 11.6. The Kier molecular flexibility index (Phi) is 10.9. The third kappa shape index (κ3) is 7.26. The molecule has 0 spiro atoms. The number of hydrogen-bond acceptors (Lipinski definition) is 9. The van der Waals surface area contributed by atoms with Crippen molar-refractivity contribution < 1.29 is 32.2 Å². The molecule has 2 atom stereocenters. The Balaban J connectivity index is 1.81. The Labute approximate surface area is 290 Å². The molecule has 5 rings (SSSR count). The summed E-state index contributed by atoms with van der Waals surface area (Å²) in [5.74, 6) is -0.544. The van der Waals surface area contributed by atoms with E-state index in [1.54, 1.807) is 78.6 Å². The number of methoxy groups -OCH3 is 1. The summed E-state index contributed by atoms with van der Waals surface area (Å²) in [7, 11) is -2.79. The molecule has 1 N–H and O–H groups in total. The highest BCUT2D eigenvalue weighted by Gasteiger charge is 2.60. The zero-order chi connectivity index (χ0) is 34.6. The minimum atomic E-state index is -4.30. The highest BCUT2D eigenvalue weighted by Crippen LogP contribution is 2.52. The third-order valence-corrected chi connectivity index (χ3v) is 10.2. The van der Waals surface area contributed by atoms with Gasteiger partial charge >= 0.3 is 5.97 Å². The Bertz CT molecular complexity index is 1790. The molecular formula is C34H38Cl2N4O7S. The second kappa shape index (κ2) is 14.7. The number of ether oxygens (including phenoxy) is 3. The number of benzene rings is 3. The first-order valence-electron chi connectivity index (χ1n) is 15.5. The molecular weight excluding hydrogens is 679 g/mol. The van der Waals surface area contributed by atoms with E-state index in [1.165, 1.54) is 11.4 Å². The quantitative estimate of drug-likeness (QED) is 0.265. The number of amidine groups is 1. The van der Waals surface area contributed by atoms with Crippen LogP contribution in [0.15, 0.2) is 71.7 Å². The average Bonchev–Trinajstić information content (AvgIpc) is 3.42. The van der Waals surface area contributed by atoms with Gasteiger partial charge in [-0.25, -0.2) is 22.5 Å². The van der Waals surface area contributed by atoms with E-state index in [0.717, 1.165) is 0 Å². The first-order valence-corrected chi connectivity index (χ1v) is 17.9. The fourth-order valence-corrected chi connectivity index (χ4v) is 7.83. The number of piperazine rings is 1. The van der Waals surface area contributed by atoms with Crippen LogP contribution in [-0.2, 0) is 29.9 Å². The molecule has 11 nitrogen and oxygen atoms in total. The van der Waals surface area contributed by atoms with E-state index in [9.17, 15) is 18.0 Å². The predicted molar refractivity (Wildman–Crippen MR) is 184 cm³/mol. The number of carbonyl (C=O) groups is 2. The van der Waals surface area contributed by atoms with Crippen molar-refractivity contribution in [1.82, 2.24) is 14.5 Å². The van der Waals surface area contributed by atoms with Gasteiger partial charge in [0.2, 0.25) is 21.5 Å². The number of halogens is 2. The predicted octanol–water partition coefficient (Wildman–Crippen LogP) is 4.81. The van der Waals surface area contributed by atoms with Gasteiger partial charge in [-0.1, -0.05) is 47.5 Å². The van der Waals surface area contributed by atoms with Crippen LogP contribution >= 0.6 is 23.2 Å². The van der Waals surface area contributed by atoms with Crippen molar-refractivity contribution in [2.75, 3.05) is 45.6 Å². The Morgan fingerprint density at radius 1 is 1.06 bits per heavy atom. The molecule has 14 heteroatoms. The van der Waals surface area contributed by atoms with Crippen LogP contribution in [0.1, 0.15) is 43.5 Å². The lowest BCUT2D eigenvalue weighted by molar-refractivity contribution is -0.151. The van der Waals surface area contributed by atoms with Gasteiger partial charge in [-0.3, -0.25) is 9.69 Å². The van der Waals surface area contributed by atoms with E-state index in [4.69, 9.17) is 42.4 Å². The van der Waals surface area contributed by atoms with Crippen LogP contribution in [0.25, 0.3) is 0 Å². The molecule has 0 saturated carbocycles. The highest BCUT2D eigenvalue weighted by atomic mass is 35.5. The molecule has 1 fully saturated rings. The molecule has 3 aromatic rings. The van der Waals surface area contributed by atoms with Crippen molar-refractivity contribution >= 4 is 50.9 Å². The van der Waals surface area contributed by atoms with Crippen LogP contribution in [-0.4, -0.2) is 87.1 Å². The summed E-state index contributed by atoms with van der Waals surface area (Å²) in [5.41, 5.74) is -0.781. The number of aliphatic imine (C=N–C) groups is 1. The second-order valence-corrected chi connectivity index (χ2v) is 14.5. The maximum atomic E-state index is 14.9. The molecule has 1 saturated heterocycles. The Morgan fingerprint density at radius 3 is 2.33 bits per heavy atom. The smallest absolute Gasteiger partial charge is 0.341 e. The summed E-state index contributed by atoms with van der Waals surface area (Å²) in [6.07, 6.45) is -0.300. The zero-order valence-electron chi connectivity index (χ0n) is 27.1. The van der Waals surface area contributed by atoms with Crippen molar-refractivity contribution in [3.05, 3.63) is 93.5 Å². The van der Waals surface area contributed by atoms with Crippen LogP contribution in [0.2, 0.25) is 10.0 Å². The van der Waals surface area contributed by atoms with Crippen LogP contribution in [0, 0.1) is 0 Å². The molecule has 0 unspecified atom stereocenters. The van der Waals surface area contributed by atoms with Crippen LogP contribution in [0.3, 0.4) is 0 Å². The summed E-state index contributed by atoms with van der Waals surface area (Å²) >= 11 is 12.6. The topological polar surface area (TPSA) is 127 Å². The van der Waals surface area contributed by atoms with E-state index in [1.807, 2.05) is 13.8 Å². The number of nitrogens with zero attached hydrogens (tertiary/aromatic N) is 3. The van der Waals surface area contributed by atoms with Crippen molar-refractivity contribution in [2.24, 2.45) is 4.99 Å². The summed E-state index contributed by atoms with van der Waals surface area (Å²) in [6, 6.07) is 16.9. The standard InChI is InChI=1S/C34H38Cl2N4O7S/c1-5-46-33(42)34(24-8-12-26(36)13-9-24)31(23-6-10-25(35)11-7-23)40(48(43,44)19-18-39-17-16-37-30(41)21-39)32(38-34)28-15-14-27(45-4)20-29(28)47-22(2)3/h6-15,20,22,31H,5,16-19,21H2,1-4H3,(H,37,41)/t31-,34+/m1/s1. The highest BCUT2D eigenvalue weighted by molar-refractivity contribution is 7.89. The van der Waals surface area contributed by atoms with Crippen molar-refractivity contribution in [2.45, 2.75) is 38.5 Å². The lowest BCUT2D eigenvalue weighted by atomic mass is 9.80. The van der Waals surface area contributed by atoms with Gasteiger partial charge in [0.15, 0.2) is 5.84 Å². The fraction of sp³-hybridized carbons (Fsp3) is 0.382. The molecule has 2 aliphatic heterocycles. The Hall–Kier alpha value is -3.84. The summed E-state index contributed by atoms with van der Waals surface area (Å²) in [4.78, 5) is 33.4. The maximum Gasteiger partial charge on any atom is 0.341 e. The monoisotopic (exact) mass is 716 g/mol. The van der Waals surface area contributed by atoms with Gasteiger partial charge in [-0.15, -0.1) is 0 Å². The van der Waals surface area contributed by atoms with E-state index < -0.39 is 27.6 Å². The lowest BCUT2D eigenvalue weighted by Gasteiger charge is -2.36. The van der Waals surface area contributed by atoms with Gasteiger partial charge in [-0.05, 0) is 68.3 Å². The van der Waals surface area contributed by atoms with Gasteiger partial charge in [-0.2, -0.15) is 0 Å². The average molecular weight is 718 g/mol. The van der Waals surface area contributed by atoms with Crippen LogP contribution < -0.4 is 14.8 Å². The van der Waals surface area contributed by atoms with Crippen LogP contribution in [0.5, 0.6) is 11.5 Å². The minimum absolute atomic E-state index is 0.0143. The molecule has 0 radical (unpaired) electrons. The van der Waals surface area contributed by atoms with Gasteiger partial charge in [0.05, 0.1) is 37.7 Å². The minimum Gasteiger partial charge on any atom is -0.497 e. The third-order valence-electron chi connectivity index (χ3n) is 8.05. The molecule has 2 heterocycles. The number of nitrogens with one attached hydrogen (secondary N) is 1. The first-order chi connectivity index (χ1) is 22.9. The number of amides is 1.